The van der Waals surface area contributed by atoms with Gasteiger partial charge < -0.3 is 14.3 Å². The average Bonchev–Trinajstić information content (AvgIpc) is 4.02. The number of furan rings is 1. The summed E-state index contributed by atoms with van der Waals surface area (Å²) < 4.78 is 11.9. The molecule has 4 heterocycles. The van der Waals surface area contributed by atoms with E-state index in [9.17, 15) is 0 Å². The first-order valence-electron chi connectivity index (χ1n) is 21.3. The predicted molar refractivity (Wildman–Crippen MR) is 265 cm³/mol. The summed E-state index contributed by atoms with van der Waals surface area (Å²) in [5, 5.41) is 18.0. The lowest BCUT2D eigenvalue weighted by Gasteiger charge is -2.24. The number of fused-ring (bicyclic) bond motifs is 13. The van der Waals surface area contributed by atoms with Crippen LogP contribution in [-0.4, -0.2) is 16.2 Å². The fourth-order valence-corrected chi connectivity index (χ4v) is 11.2. The quantitative estimate of drug-likeness (QED) is 0.192. The Bertz CT molecular complexity index is 4150. The van der Waals surface area contributed by atoms with Gasteiger partial charge in [0.2, 0.25) is 0 Å². The molecule has 14 rings (SSSR count). The number of nitrogens with one attached hydrogen (secondary N) is 1. The zero-order valence-electron chi connectivity index (χ0n) is 33.7. The van der Waals surface area contributed by atoms with Crippen molar-refractivity contribution in [1.29, 1.82) is 0 Å². The van der Waals surface area contributed by atoms with E-state index in [2.05, 4.69) is 198 Å². The lowest BCUT2D eigenvalue weighted by molar-refractivity contribution is 0.665. The molecule has 0 fully saturated rings. The van der Waals surface area contributed by atoms with E-state index < -0.39 is 0 Å². The Hall–Kier alpha value is -8.06. The van der Waals surface area contributed by atoms with Gasteiger partial charge in [-0.2, -0.15) is 0 Å². The summed E-state index contributed by atoms with van der Waals surface area (Å²) in [6.45, 7) is 0. The second kappa shape index (κ2) is 13.2. The molecular formula is C57H34N4OS. The summed E-state index contributed by atoms with van der Waals surface area (Å²) in [6.07, 6.45) is -0.387. The maximum absolute atomic E-state index is 7.03. The van der Waals surface area contributed by atoms with Crippen LogP contribution in [0.2, 0.25) is 0 Å². The Morgan fingerprint density at radius 1 is 0.492 bits per heavy atom. The van der Waals surface area contributed by atoms with Gasteiger partial charge in [-0.1, -0.05) is 140 Å². The number of hydrogen-bond donors (Lipinski definition) is 1. The third kappa shape index (κ3) is 5.22. The third-order valence-electron chi connectivity index (χ3n) is 13.0. The monoisotopic (exact) mass is 822 g/mol. The maximum Gasteiger partial charge on any atom is 0.160 e. The minimum absolute atomic E-state index is 0.387. The van der Waals surface area contributed by atoms with Gasteiger partial charge >= 0.3 is 0 Å². The van der Waals surface area contributed by atoms with Crippen molar-refractivity contribution in [3.8, 4) is 5.69 Å². The lowest BCUT2D eigenvalue weighted by Crippen LogP contribution is -2.33. The van der Waals surface area contributed by atoms with Crippen LogP contribution in [0, 0.1) is 0 Å². The van der Waals surface area contributed by atoms with Crippen molar-refractivity contribution in [1.82, 2.24) is 9.88 Å². The molecule has 1 atom stereocenters. The maximum atomic E-state index is 7.03. The Labute approximate surface area is 364 Å². The molecule has 63 heavy (non-hydrogen) atoms. The molecule has 3 aromatic heterocycles. The number of benzene rings is 10. The molecule has 0 saturated heterocycles. The van der Waals surface area contributed by atoms with Crippen LogP contribution in [0.15, 0.2) is 209 Å². The predicted octanol–water partition coefficient (Wildman–Crippen LogP) is 15.0. The minimum Gasteiger partial charge on any atom is -0.454 e. The van der Waals surface area contributed by atoms with Crippen LogP contribution in [0.3, 0.4) is 0 Å². The number of aromatic nitrogens is 1. The van der Waals surface area contributed by atoms with Crippen LogP contribution in [0.25, 0.3) is 102 Å². The lowest BCUT2D eigenvalue weighted by atomic mass is 10.0. The molecule has 1 aliphatic heterocycles. The Morgan fingerprint density at radius 2 is 1.19 bits per heavy atom. The normalized spacial score (nSPS) is 14.5. The van der Waals surface area contributed by atoms with E-state index in [1.54, 1.807) is 0 Å². The molecule has 0 spiro atoms. The van der Waals surface area contributed by atoms with Crippen LogP contribution < -0.4 is 5.32 Å². The highest BCUT2D eigenvalue weighted by Crippen LogP contribution is 2.43. The molecule has 0 aliphatic carbocycles. The number of aliphatic imine (C=N–C) groups is 2. The van der Waals surface area contributed by atoms with Gasteiger partial charge in [0.1, 0.15) is 17.6 Å². The fraction of sp³-hybridized carbons (Fsp3) is 0.0175. The number of thiophene rings is 1. The molecule has 10 aromatic carbocycles. The molecule has 13 aromatic rings. The molecule has 0 amide bonds. The molecule has 5 nitrogen and oxygen atoms in total. The summed E-state index contributed by atoms with van der Waals surface area (Å²) in [4.78, 5) is 10.8. The zero-order chi connectivity index (χ0) is 41.2. The van der Waals surface area contributed by atoms with E-state index in [1.165, 1.54) is 63.3 Å². The van der Waals surface area contributed by atoms with E-state index >= 15 is 0 Å². The average molecular weight is 823 g/mol. The SMILES string of the molecule is c1ccc2cc(C3N=C(c4ccc5c(c4)sc4ccccc45)N=C(c4ccc(-n5c6cc7ccccc7cc6c6c7ccccc7ccc65)c5oc6ccccc6c45)N3)ccc2c1. The van der Waals surface area contributed by atoms with Crippen molar-refractivity contribution in [2.45, 2.75) is 6.17 Å². The summed E-state index contributed by atoms with van der Waals surface area (Å²) >= 11 is 1.81. The molecular weight excluding hydrogens is 789 g/mol. The van der Waals surface area contributed by atoms with Gasteiger partial charge in [-0.3, -0.25) is 0 Å². The van der Waals surface area contributed by atoms with Crippen molar-refractivity contribution in [2.24, 2.45) is 9.98 Å². The Kier molecular flexibility index (Phi) is 7.27. The smallest absolute Gasteiger partial charge is 0.160 e. The Morgan fingerprint density at radius 3 is 2.06 bits per heavy atom. The van der Waals surface area contributed by atoms with Crippen LogP contribution >= 0.6 is 11.3 Å². The first kappa shape index (κ1) is 34.6. The van der Waals surface area contributed by atoms with Crippen LogP contribution in [0.4, 0.5) is 0 Å². The number of hydrogen-bond acceptors (Lipinski definition) is 5. The fourth-order valence-electron chi connectivity index (χ4n) is 10.0. The van der Waals surface area contributed by atoms with Gasteiger partial charge in [0, 0.05) is 52.8 Å². The topological polar surface area (TPSA) is 54.8 Å². The van der Waals surface area contributed by atoms with E-state index in [-0.39, 0.29) is 6.17 Å². The molecule has 0 bridgehead atoms. The van der Waals surface area contributed by atoms with Gasteiger partial charge in [-0.25, -0.2) is 9.98 Å². The van der Waals surface area contributed by atoms with Crippen LogP contribution in [-0.2, 0) is 0 Å². The van der Waals surface area contributed by atoms with Crippen molar-refractivity contribution in [3.63, 3.8) is 0 Å². The molecule has 0 radical (unpaired) electrons. The second-order valence-electron chi connectivity index (χ2n) is 16.5. The zero-order valence-corrected chi connectivity index (χ0v) is 34.5. The Balaban J connectivity index is 1.02. The first-order chi connectivity index (χ1) is 31.2. The minimum atomic E-state index is -0.387. The summed E-state index contributed by atoms with van der Waals surface area (Å²) in [6, 6.07) is 69.7. The van der Waals surface area contributed by atoms with Crippen molar-refractivity contribution in [2.75, 3.05) is 0 Å². The van der Waals surface area contributed by atoms with Crippen molar-refractivity contribution in [3.05, 3.63) is 211 Å². The van der Waals surface area contributed by atoms with Crippen molar-refractivity contribution >= 4 is 119 Å². The van der Waals surface area contributed by atoms with Crippen molar-refractivity contribution < 1.29 is 4.42 Å². The molecule has 1 unspecified atom stereocenters. The second-order valence-corrected chi connectivity index (χ2v) is 17.6. The highest BCUT2D eigenvalue weighted by Gasteiger charge is 2.27. The molecule has 6 heteroatoms. The van der Waals surface area contributed by atoms with E-state index in [4.69, 9.17) is 14.4 Å². The highest BCUT2D eigenvalue weighted by molar-refractivity contribution is 7.25. The van der Waals surface area contributed by atoms with Gasteiger partial charge in [0.25, 0.3) is 0 Å². The van der Waals surface area contributed by atoms with Gasteiger partial charge in [-0.15, -0.1) is 11.3 Å². The molecule has 1 aliphatic rings. The van der Waals surface area contributed by atoms with Gasteiger partial charge in [0.05, 0.1) is 16.7 Å². The highest BCUT2D eigenvalue weighted by atomic mass is 32.1. The first-order valence-corrected chi connectivity index (χ1v) is 22.1. The van der Waals surface area contributed by atoms with E-state index in [0.717, 1.165) is 61.2 Å². The van der Waals surface area contributed by atoms with Crippen LogP contribution in [0.1, 0.15) is 22.9 Å². The third-order valence-corrected chi connectivity index (χ3v) is 14.1. The van der Waals surface area contributed by atoms with E-state index in [1.807, 2.05) is 17.4 Å². The molecule has 1 N–H and O–H groups in total. The molecule has 0 saturated carbocycles. The number of rotatable bonds is 4. The largest absolute Gasteiger partial charge is 0.454 e. The summed E-state index contributed by atoms with van der Waals surface area (Å²) in [7, 11) is 0. The van der Waals surface area contributed by atoms with E-state index in [0.29, 0.717) is 5.84 Å². The number of nitrogens with zero attached hydrogens (tertiary/aromatic N) is 3. The van der Waals surface area contributed by atoms with Crippen LogP contribution in [0.5, 0.6) is 0 Å². The number of para-hydroxylation sites is 1. The molecule has 294 valence electrons. The van der Waals surface area contributed by atoms with Gasteiger partial charge in [-0.05, 0) is 92.5 Å². The summed E-state index contributed by atoms with van der Waals surface area (Å²) in [5.74, 6) is 1.43. The standard InChI is InChI=1S/C57H34N4OS/c1-2-13-35-29-38(22-21-33(35)11-1)55-58-56(39-23-25-42-41-17-8-10-20-50(41)63-51(42)32-39)60-57(59-55)44-26-28-47(54-53(44)43-18-7-9-19-49(43)62-54)61-46-27-24-34-12-5-6-16-40(34)52(46)45-30-36-14-3-4-15-37(36)31-48(45)61/h1-32,55H,(H,58,59,60). The van der Waals surface area contributed by atoms with Gasteiger partial charge in [0.15, 0.2) is 11.4 Å². The summed E-state index contributed by atoms with van der Waals surface area (Å²) in [5.41, 5.74) is 7.86. The number of amidine groups is 2.